The molecule has 5 atom stereocenters. The lowest BCUT2D eigenvalue weighted by Gasteiger charge is -2.53. The first-order chi connectivity index (χ1) is 19.7. The van der Waals surface area contributed by atoms with Crippen molar-refractivity contribution in [2.75, 3.05) is 20.3 Å². The highest BCUT2D eigenvalue weighted by molar-refractivity contribution is 6.02. The van der Waals surface area contributed by atoms with Gasteiger partial charge in [0.1, 0.15) is 17.5 Å². The van der Waals surface area contributed by atoms with Crippen molar-refractivity contribution in [3.63, 3.8) is 0 Å². The van der Waals surface area contributed by atoms with Crippen molar-refractivity contribution in [2.24, 2.45) is 11.8 Å². The number of esters is 1. The average molecular weight is 571 g/mol. The highest BCUT2D eigenvalue weighted by Crippen LogP contribution is 2.49. The van der Waals surface area contributed by atoms with Crippen LogP contribution in [0.1, 0.15) is 49.0 Å². The van der Waals surface area contributed by atoms with Crippen molar-refractivity contribution >= 4 is 34.6 Å². The molecule has 12 heteroatoms. The molecule has 10 nitrogen and oxygen atoms in total. The molecule has 0 unspecified atom stereocenters. The zero-order valence-electron chi connectivity index (χ0n) is 22.6. The zero-order valence-corrected chi connectivity index (χ0v) is 22.6. The number of benzene rings is 1. The lowest BCUT2D eigenvalue weighted by Crippen LogP contribution is -2.68. The number of cyclic esters (lactones) is 1. The first kappa shape index (κ1) is 27.2. The zero-order chi connectivity index (χ0) is 28.9. The molecular formula is C29H32F2N4O6. The van der Waals surface area contributed by atoms with Crippen LogP contribution < -0.4 is 15.4 Å². The third-order valence-electron chi connectivity index (χ3n) is 8.81. The van der Waals surface area contributed by atoms with Crippen LogP contribution in [0.5, 0.6) is 5.75 Å². The second kappa shape index (κ2) is 10.5. The Hall–Kier alpha value is -3.96. The molecule has 1 aromatic carbocycles. The Labute approximate surface area is 234 Å². The fourth-order valence-electron chi connectivity index (χ4n) is 6.81. The number of nitrogens with zero attached hydrogens (tertiary/aromatic N) is 1. The summed E-state index contributed by atoms with van der Waals surface area (Å²) in [7, 11) is 1.52. The number of carbonyl (C=O) groups excluding carboxylic acids is 4. The monoisotopic (exact) mass is 570 g/mol. The third-order valence-corrected chi connectivity index (χ3v) is 8.81. The number of aromatic nitrogens is 1. The Morgan fingerprint density at radius 1 is 1.27 bits per heavy atom. The number of amides is 3. The maximum Gasteiger partial charge on any atom is 0.333 e. The third kappa shape index (κ3) is 4.93. The maximum absolute atomic E-state index is 15.2. The Kier molecular flexibility index (Phi) is 6.95. The van der Waals surface area contributed by atoms with Crippen LogP contribution in [-0.2, 0) is 19.1 Å². The molecule has 218 valence electrons. The molecule has 4 aliphatic heterocycles. The number of methoxy groups -OCH3 is 1. The molecule has 0 spiro atoms. The summed E-state index contributed by atoms with van der Waals surface area (Å²) in [5, 5.41) is 6.25. The molecule has 5 heterocycles. The Balaban J connectivity index is 1.32. The Morgan fingerprint density at radius 3 is 2.78 bits per heavy atom. The van der Waals surface area contributed by atoms with E-state index in [4.69, 9.17) is 9.47 Å². The van der Waals surface area contributed by atoms with E-state index in [0.717, 1.165) is 0 Å². The van der Waals surface area contributed by atoms with Crippen molar-refractivity contribution in [2.45, 2.75) is 62.6 Å². The summed E-state index contributed by atoms with van der Waals surface area (Å²) in [6.07, 6.45) is 2.61. The van der Waals surface area contributed by atoms with Gasteiger partial charge in [-0.2, -0.15) is 0 Å². The highest BCUT2D eigenvalue weighted by Gasteiger charge is 2.60. The van der Waals surface area contributed by atoms with E-state index in [9.17, 15) is 19.2 Å². The van der Waals surface area contributed by atoms with Crippen LogP contribution >= 0.6 is 0 Å². The first-order valence-electron chi connectivity index (χ1n) is 14.0. The number of ether oxygens (including phenoxy) is 2. The van der Waals surface area contributed by atoms with Crippen molar-refractivity contribution in [3.05, 3.63) is 41.6 Å². The number of aromatic amines is 1. The topological polar surface area (TPSA) is 130 Å². The van der Waals surface area contributed by atoms with Gasteiger partial charge in [0.2, 0.25) is 11.8 Å². The van der Waals surface area contributed by atoms with Gasteiger partial charge in [0.05, 0.1) is 19.6 Å². The fourth-order valence-corrected chi connectivity index (χ4v) is 6.81. The number of hydrogen-bond acceptors (Lipinski definition) is 6. The van der Waals surface area contributed by atoms with Gasteiger partial charge in [0.25, 0.3) is 11.8 Å². The molecule has 41 heavy (non-hydrogen) atoms. The summed E-state index contributed by atoms with van der Waals surface area (Å²) in [6, 6.07) is 3.89. The van der Waals surface area contributed by atoms with Gasteiger partial charge in [-0.05, 0) is 43.9 Å². The summed E-state index contributed by atoms with van der Waals surface area (Å²) in [4.78, 5) is 56.6. The van der Waals surface area contributed by atoms with Gasteiger partial charge >= 0.3 is 5.97 Å². The molecule has 2 aromatic rings. The predicted octanol–water partition coefficient (Wildman–Crippen LogP) is 2.69. The van der Waals surface area contributed by atoms with Crippen molar-refractivity contribution in [1.82, 2.24) is 20.5 Å². The molecule has 0 radical (unpaired) electrons. The first-order valence-corrected chi connectivity index (χ1v) is 14.0. The van der Waals surface area contributed by atoms with E-state index in [1.54, 1.807) is 30.3 Å². The minimum atomic E-state index is -3.13. The standard InChI is InChI=1S/C29H32F2N4O6/c1-40-23-4-2-3-21-19(23)13-22(34-21)27(38)35-18-5-6-20(29(30,31)14-18)24(35)26(37)33-17(11-15-7-9-32-25(15)36)12-16-8-10-41-28(16)39/h2-4,12-13,15,17-18,20,24,34H,5-11,14H2,1H3,(H,32,36)(H,33,37)/b16-12+/t15-,17-,18+,20+,24+/m1/s1. The van der Waals surface area contributed by atoms with Crippen LogP contribution in [0.15, 0.2) is 35.9 Å². The number of carbonyl (C=O) groups is 4. The second-order valence-corrected chi connectivity index (χ2v) is 11.3. The van der Waals surface area contributed by atoms with Crippen LogP contribution in [0.4, 0.5) is 8.78 Å². The van der Waals surface area contributed by atoms with Gasteiger partial charge < -0.3 is 30.0 Å². The number of halogens is 2. The summed E-state index contributed by atoms with van der Waals surface area (Å²) >= 11 is 0. The van der Waals surface area contributed by atoms with E-state index in [1.165, 1.54) is 12.0 Å². The van der Waals surface area contributed by atoms with E-state index < -0.39 is 60.1 Å². The molecule has 3 N–H and O–H groups in total. The van der Waals surface area contributed by atoms with Crippen LogP contribution in [0.3, 0.4) is 0 Å². The molecule has 3 amide bonds. The van der Waals surface area contributed by atoms with Gasteiger partial charge in [0.15, 0.2) is 0 Å². The minimum Gasteiger partial charge on any atom is -0.496 e. The van der Waals surface area contributed by atoms with Crippen molar-refractivity contribution < 1.29 is 37.4 Å². The average Bonchev–Trinajstić information content (AvgIpc) is 3.67. The Morgan fingerprint density at radius 2 is 2.10 bits per heavy atom. The fraction of sp³-hybridized carbons (Fsp3) is 0.517. The number of fused-ring (bicyclic) bond motifs is 4. The number of alkyl halides is 2. The van der Waals surface area contributed by atoms with Crippen molar-refractivity contribution in [3.8, 4) is 5.75 Å². The minimum absolute atomic E-state index is 0.100. The lowest BCUT2D eigenvalue weighted by molar-refractivity contribution is -0.179. The SMILES string of the molecule is COc1cccc2[nH]c(C(=O)N3[C@H]4CC[C@@H]([C@H]3C(=O)N[C@@H](/C=C3\CCOC3=O)C[C@H]3CCNC3=O)C(F)(F)C4)cc12. The molecule has 1 aromatic heterocycles. The molecule has 5 aliphatic rings. The van der Waals surface area contributed by atoms with Crippen LogP contribution in [0.25, 0.3) is 10.9 Å². The van der Waals surface area contributed by atoms with Gasteiger partial charge in [-0.3, -0.25) is 14.4 Å². The number of piperidine rings is 2. The Bertz CT molecular complexity index is 1440. The quantitative estimate of drug-likeness (QED) is 0.347. The molecule has 4 saturated heterocycles. The summed E-state index contributed by atoms with van der Waals surface area (Å²) in [5.74, 6) is -6.28. The summed E-state index contributed by atoms with van der Waals surface area (Å²) in [5.41, 5.74) is 1.18. The maximum atomic E-state index is 15.2. The largest absolute Gasteiger partial charge is 0.496 e. The van der Waals surface area contributed by atoms with E-state index in [2.05, 4.69) is 15.6 Å². The molecular weight excluding hydrogens is 538 g/mol. The van der Waals surface area contributed by atoms with Gasteiger partial charge in [-0.1, -0.05) is 12.1 Å². The second-order valence-electron chi connectivity index (χ2n) is 11.3. The van der Waals surface area contributed by atoms with Crippen molar-refractivity contribution in [1.29, 1.82) is 0 Å². The van der Waals surface area contributed by atoms with E-state index in [1.807, 2.05) is 0 Å². The van der Waals surface area contributed by atoms with Gasteiger partial charge in [-0.15, -0.1) is 0 Å². The molecule has 7 rings (SSSR count). The number of nitrogens with one attached hydrogen (secondary N) is 3. The number of hydrogen-bond donors (Lipinski definition) is 3. The van der Waals surface area contributed by atoms with Gasteiger partial charge in [0, 0.05) is 53.9 Å². The molecule has 1 aliphatic carbocycles. The van der Waals surface area contributed by atoms with Crippen LogP contribution in [-0.4, -0.2) is 77.9 Å². The van der Waals surface area contributed by atoms with E-state index in [0.29, 0.717) is 48.0 Å². The molecule has 5 fully saturated rings. The van der Waals surface area contributed by atoms with Gasteiger partial charge in [-0.25, -0.2) is 13.6 Å². The van der Waals surface area contributed by atoms with E-state index >= 15 is 8.78 Å². The molecule has 1 saturated carbocycles. The number of rotatable bonds is 7. The molecule has 2 bridgehead atoms. The predicted molar refractivity (Wildman–Crippen MR) is 142 cm³/mol. The normalized spacial score (nSPS) is 28.6. The summed E-state index contributed by atoms with van der Waals surface area (Å²) in [6.45, 7) is 0.713. The highest BCUT2D eigenvalue weighted by atomic mass is 19.3. The van der Waals surface area contributed by atoms with E-state index in [-0.39, 0.29) is 31.0 Å². The lowest BCUT2D eigenvalue weighted by atomic mass is 9.71. The number of H-pyrrole nitrogens is 1. The van der Waals surface area contributed by atoms with Crippen LogP contribution in [0.2, 0.25) is 0 Å². The smallest absolute Gasteiger partial charge is 0.333 e. The van der Waals surface area contributed by atoms with Crippen LogP contribution in [0, 0.1) is 11.8 Å². The summed E-state index contributed by atoms with van der Waals surface area (Å²) < 4.78 is 40.9.